The number of aldehydes is 1. The summed E-state index contributed by atoms with van der Waals surface area (Å²) in [6.07, 6.45) is -0.437. The Kier molecular flexibility index (Phi) is 4.30. The molecule has 1 aromatic heterocycles. The number of rotatable bonds is 3. The van der Waals surface area contributed by atoms with E-state index >= 15 is 0 Å². The second-order valence-corrected chi connectivity index (χ2v) is 6.21. The maximum Gasteiger partial charge on any atom is 0.152 e. The van der Waals surface area contributed by atoms with Gasteiger partial charge < -0.3 is 5.11 Å². The molecular weight excluding hydrogens is 315 g/mol. The van der Waals surface area contributed by atoms with Crippen LogP contribution in [0.1, 0.15) is 27.6 Å². The standard InChI is InChI=1S/C12H7Cl3O2S/c13-7-3-1-2-6(4-7)10(17)9-8(5-16)11(14)18-12(9)15/h1-5,10,17H. The van der Waals surface area contributed by atoms with Crippen molar-refractivity contribution in [2.24, 2.45) is 0 Å². The largest absolute Gasteiger partial charge is 0.384 e. The van der Waals surface area contributed by atoms with Gasteiger partial charge in [0.2, 0.25) is 0 Å². The fourth-order valence-electron chi connectivity index (χ4n) is 1.61. The lowest BCUT2D eigenvalue weighted by atomic mass is 10.0. The first-order valence-corrected chi connectivity index (χ1v) is 6.86. The van der Waals surface area contributed by atoms with Crippen LogP contribution in [0.15, 0.2) is 24.3 Å². The Morgan fingerprint density at radius 1 is 1.22 bits per heavy atom. The van der Waals surface area contributed by atoms with Gasteiger partial charge in [-0.3, -0.25) is 4.79 Å². The van der Waals surface area contributed by atoms with E-state index in [2.05, 4.69) is 0 Å². The van der Waals surface area contributed by atoms with E-state index in [0.717, 1.165) is 11.3 Å². The molecule has 0 saturated carbocycles. The van der Waals surface area contributed by atoms with E-state index in [1.807, 2.05) is 0 Å². The van der Waals surface area contributed by atoms with Crippen LogP contribution in [0.4, 0.5) is 0 Å². The summed E-state index contributed by atoms with van der Waals surface area (Å²) in [4.78, 5) is 11.0. The van der Waals surface area contributed by atoms with Gasteiger partial charge in [-0.05, 0) is 17.7 Å². The topological polar surface area (TPSA) is 37.3 Å². The summed E-state index contributed by atoms with van der Waals surface area (Å²) in [7, 11) is 0. The summed E-state index contributed by atoms with van der Waals surface area (Å²) in [6.45, 7) is 0. The number of carbonyl (C=O) groups is 1. The van der Waals surface area contributed by atoms with E-state index in [0.29, 0.717) is 26.8 Å². The van der Waals surface area contributed by atoms with E-state index in [1.54, 1.807) is 24.3 Å². The molecule has 0 saturated heterocycles. The van der Waals surface area contributed by atoms with E-state index in [4.69, 9.17) is 34.8 Å². The molecule has 94 valence electrons. The minimum atomic E-state index is -1.03. The minimum absolute atomic E-state index is 0.221. The van der Waals surface area contributed by atoms with Crippen molar-refractivity contribution in [3.8, 4) is 0 Å². The fourth-order valence-corrected chi connectivity index (χ4v) is 3.50. The third-order valence-electron chi connectivity index (χ3n) is 2.45. The van der Waals surface area contributed by atoms with Gasteiger partial charge in [0, 0.05) is 10.6 Å². The third kappa shape index (κ3) is 2.56. The maximum atomic E-state index is 11.0. The normalized spacial score (nSPS) is 12.4. The Balaban J connectivity index is 2.52. The van der Waals surface area contributed by atoms with Crippen molar-refractivity contribution in [3.05, 3.63) is 54.7 Å². The second-order valence-electron chi connectivity index (χ2n) is 3.55. The molecule has 1 atom stereocenters. The van der Waals surface area contributed by atoms with Crippen molar-refractivity contribution >= 4 is 52.4 Å². The molecule has 0 bridgehead atoms. The zero-order valence-corrected chi connectivity index (χ0v) is 11.9. The Hall–Kier alpha value is -0.580. The second kappa shape index (κ2) is 5.59. The number of hydrogen-bond donors (Lipinski definition) is 1. The molecule has 0 spiro atoms. The van der Waals surface area contributed by atoms with Gasteiger partial charge in [-0.15, -0.1) is 11.3 Å². The average molecular weight is 322 g/mol. The van der Waals surface area contributed by atoms with Gasteiger partial charge >= 0.3 is 0 Å². The third-order valence-corrected chi connectivity index (χ3v) is 4.35. The van der Waals surface area contributed by atoms with Gasteiger partial charge in [-0.2, -0.15) is 0 Å². The van der Waals surface area contributed by atoms with Crippen LogP contribution in [0.5, 0.6) is 0 Å². The van der Waals surface area contributed by atoms with Crippen LogP contribution in [-0.2, 0) is 0 Å². The van der Waals surface area contributed by atoms with Crippen LogP contribution >= 0.6 is 46.1 Å². The van der Waals surface area contributed by atoms with Gasteiger partial charge in [-0.1, -0.05) is 46.9 Å². The zero-order chi connectivity index (χ0) is 13.3. The first-order valence-electron chi connectivity index (χ1n) is 4.91. The molecule has 0 aliphatic carbocycles. The predicted octanol–water partition coefficient (Wildman–Crippen LogP) is 4.60. The molecule has 0 radical (unpaired) electrons. The maximum absolute atomic E-state index is 11.0. The molecular formula is C12H7Cl3O2S. The molecule has 18 heavy (non-hydrogen) atoms. The number of hydrogen-bond acceptors (Lipinski definition) is 3. The number of thiophene rings is 1. The zero-order valence-electron chi connectivity index (χ0n) is 8.86. The molecule has 0 amide bonds. The minimum Gasteiger partial charge on any atom is -0.384 e. The molecule has 0 aliphatic heterocycles. The number of benzene rings is 1. The SMILES string of the molecule is O=Cc1c(Cl)sc(Cl)c1C(O)c1cccc(Cl)c1. The first kappa shape index (κ1) is 13.8. The van der Waals surface area contributed by atoms with Gasteiger partial charge in [-0.25, -0.2) is 0 Å². The Bertz CT molecular complexity index is 595. The summed E-state index contributed by atoms with van der Waals surface area (Å²) in [5, 5.41) is 10.8. The van der Waals surface area contributed by atoms with Gasteiger partial charge in [0.1, 0.15) is 14.8 Å². The Morgan fingerprint density at radius 2 is 1.94 bits per heavy atom. The van der Waals surface area contributed by atoms with Crippen LogP contribution in [0.3, 0.4) is 0 Å². The lowest BCUT2D eigenvalue weighted by Crippen LogP contribution is -2.02. The summed E-state index contributed by atoms with van der Waals surface area (Å²) >= 11 is 18.8. The fraction of sp³-hybridized carbons (Fsp3) is 0.0833. The number of aliphatic hydroxyl groups excluding tert-OH is 1. The quantitative estimate of drug-likeness (QED) is 0.839. The van der Waals surface area contributed by atoms with Crippen molar-refractivity contribution in [2.75, 3.05) is 0 Å². The molecule has 1 unspecified atom stereocenters. The molecule has 2 rings (SSSR count). The van der Waals surface area contributed by atoms with Crippen molar-refractivity contribution in [2.45, 2.75) is 6.10 Å². The van der Waals surface area contributed by atoms with Gasteiger partial charge in [0.05, 0.1) is 5.56 Å². The Labute approximate surface area is 123 Å². The summed E-state index contributed by atoms with van der Waals surface area (Å²) < 4.78 is 0.570. The van der Waals surface area contributed by atoms with Crippen LogP contribution in [0.25, 0.3) is 0 Å². The molecule has 6 heteroatoms. The highest BCUT2D eigenvalue weighted by molar-refractivity contribution is 7.20. The summed E-state index contributed by atoms with van der Waals surface area (Å²) in [5.74, 6) is 0. The average Bonchev–Trinajstić information content (AvgIpc) is 2.62. The number of aliphatic hydroxyl groups is 1. The van der Waals surface area contributed by atoms with Crippen LogP contribution < -0.4 is 0 Å². The summed E-state index contributed by atoms with van der Waals surface area (Å²) in [5.41, 5.74) is 1.10. The van der Waals surface area contributed by atoms with Crippen LogP contribution in [-0.4, -0.2) is 11.4 Å². The monoisotopic (exact) mass is 320 g/mol. The molecule has 1 aromatic carbocycles. The first-order chi connectivity index (χ1) is 8.54. The molecule has 2 nitrogen and oxygen atoms in total. The lowest BCUT2D eigenvalue weighted by molar-refractivity contribution is 0.111. The smallest absolute Gasteiger partial charge is 0.152 e. The highest BCUT2D eigenvalue weighted by atomic mass is 35.5. The molecule has 0 fully saturated rings. The van der Waals surface area contributed by atoms with Crippen molar-refractivity contribution in [1.82, 2.24) is 0 Å². The van der Waals surface area contributed by atoms with Crippen molar-refractivity contribution in [1.29, 1.82) is 0 Å². The van der Waals surface area contributed by atoms with E-state index in [-0.39, 0.29) is 9.90 Å². The summed E-state index contributed by atoms with van der Waals surface area (Å²) in [6, 6.07) is 6.72. The molecule has 0 aliphatic rings. The van der Waals surface area contributed by atoms with Crippen molar-refractivity contribution < 1.29 is 9.90 Å². The Morgan fingerprint density at radius 3 is 2.56 bits per heavy atom. The number of halogens is 3. The lowest BCUT2D eigenvalue weighted by Gasteiger charge is -2.11. The molecule has 2 aromatic rings. The van der Waals surface area contributed by atoms with Crippen molar-refractivity contribution in [3.63, 3.8) is 0 Å². The van der Waals surface area contributed by atoms with Gasteiger partial charge in [0.15, 0.2) is 6.29 Å². The molecule has 1 heterocycles. The highest BCUT2D eigenvalue weighted by Gasteiger charge is 2.23. The highest BCUT2D eigenvalue weighted by Crippen LogP contribution is 2.41. The van der Waals surface area contributed by atoms with E-state index in [9.17, 15) is 9.90 Å². The van der Waals surface area contributed by atoms with Gasteiger partial charge in [0.25, 0.3) is 0 Å². The van der Waals surface area contributed by atoms with E-state index in [1.165, 1.54) is 0 Å². The van der Waals surface area contributed by atoms with E-state index < -0.39 is 6.10 Å². The predicted molar refractivity (Wildman–Crippen MR) is 75.2 cm³/mol. The molecule has 1 N–H and O–H groups in total. The van der Waals surface area contributed by atoms with Crippen LogP contribution in [0, 0.1) is 0 Å². The van der Waals surface area contributed by atoms with Crippen LogP contribution in [0.2, 0.25) is 13.7 Å². The number of carbonyl (C=O) groups excluding carboxylic acids is 1.